The smallest absolute Gasteiger partial charge is 0.262 e. The van der Waals surface area contributed by atoms with E-state index in [9.17, 15) is 9.90 Å². The molecule has 0 aliphatic rings. The van der Waals surface area contributed by atoms with Gasteiger partial charge in [0.2, 0.25) is 5.78 Å². The summed E-state index contributed by atoms with van der Waals surface area (Å²) in [4.78, 5) is 12.9. The van der Waals surface area contributed by atoms with Gasteiger partial charge in [-0.05, 0) is 30.7 Å². The van der Waals surface area contributed by atoms with Crippen LogP contribution in [0, 0.1) is 0 Å². The first-order valence-electron chi connectivity index (χ1n) is 9.75. The molecule has 162 valence electrons. The van der Waals surface area contributed by atoms with Crippen molar-refractivity contribution in [3.05, 3.63) is 62.9 Å². The minimum Gasteiger partial charge on any atom is -0.488 e. The number of aliphatic hydroxyl groups excluding tert-OH is 1. The molecule has 0 aliphatic heterocycles. The Labute approximate surface area is 192 Å². The van der Waals surface area contributed by atoms with Crippen LogP contribution >= 0.6 is 35.0 Å². The number of hydrogen-bond acceptors (Lipinski definition) is 6. The average Bonchev–Trinajstić information content (AvgIpc) is 3.19. The molecule has 4 rings (SSSR count). The molecule has 0 fully saturated rings. The number of halogens is 2. The largest absolute Gasteiger partial charge is 0.488 e. The highest BCUT2D eigenvalue weighted by molar-refractivity contribution is 7.99. The topological polar surface area (TPSA) is 81.7 Å². The Bertz CT molecular complexity index is 1270. The second-order valence-corrected chi connectivity index (χ2v) is 8.72. The van der Waals surface area contributed by atoms with Crippen molar-refractivity contribution in [1.29, 1.82) is 0 Å². The van der Waals surface area contributed by atoms with Crippen molar-refractivity contribution >= 4 is 51.6 Å². The zero-order valence-corrected chi connectivity index (χ0v) is 19.0. The maximum atomic E-state index is 12.9. The fourth-order valence-electron chi connectivity index (χ4n) is 3.27. The van der Waals surface area contributed by atoms with Gasteiger partial charge in [0.15, 0.2) is 10.9 Å². The van der Waals surface area contributed by atoms with Gasteiger partial charge >= 0.3 is 0 Å². The molecule has 0 amide bonds. The van der Waals surface area contributed by atoms with Crippen LogP contribution in [0.25, 0.3) is 16.7 Å². The molecule has 2 aromatic heterocycles. The van der Waals surface area contributed by atoms with Crippen molar-refractivity contribution < 1.29 is 9.84 Å². The summed E-state index contributed by atoms with van der Waals surface area (Å²) >= 11 is 13.5. The third-order valence-electron chi connectivity index (χ3n) is 4.67. The number of fused-ring (bicyclic) bond motifs is 3. The van der Waals surface area contributed by atoms with Crippen LogP contribution in [0.4, 0.5) is 0 Å². The molecule has 0 bridgehead atoms. The first kappa shape index (κ1) is 22.0. The standard InChI is InChI=1S/C21H20Cl2N4O3S/c1-2-10-26-19(29)14-6-3-4-9-17(14)27-20(26)24-25-21(27)31-12-13(28)11-30-18-15(22)7-5-8-16(18)23/h3-9,13,28H,2,10-12H2,1H3. The SMILES string of the molecule is CCCn1c(=O)c2ccccc2n2c(SCC(O)COc3c(Cl)cccc3Cl)nnc12. The molecule has 1 atom stereocenters. The van der Waals surface area contributed by atoms with Gasteiger partial charge in [-0.15, -0.1) is 10.2 Å². The molecule has 31 heavy (non-hydrogen) atoms. The summed E-state index contributed by atoms with van der Waals surface area (Å²) in [5, 5.41) is 20.9. The number of aromatic nitrogens is 4. The molecule has 7 nitrogen and oxygen atoms in total. The minimum absolute atomic E-state index is 0.0223. The lowest BCUT2D eigenvalue weighted by molar-refractivity contribution is 0.126. The van der Waals surface area contributed by atoms with Crippen molar-refractivity contribution in [2.24, 2.45) is 0 Å². The number of ether oxygens (including phenoxy) is 1. The van der Waals surface area contributed by atoms with Crippen molar-refractivity contribution in [1.82, 2.24) is 19.2 Å². The van der Waals surface area contributed by atoms with Crippen LogP contribution in [-0.2, 0) is 6.54 Å². The molecule has 0 saturated heterocycles. The quantitative estimate of drug-likeness (QED) is 0.380. The van der Waals surface area contributed by atoms with E-state index < -0.39 is 6.10 Å². The van der Waals surface area contributed by atoms with Crippen LogP contribution in [0.3, 0.4) is 0 Å². The zero-order chi connectivity index (χ0) is 22.0. The first-order valence-corrected chi connectivity index (χ1v) is 11.5. The van der Waals surface area contributed by atoms with E-state index in [4.69, 9.17) is 27.9 Å². The third-order valence-corrected chi connectivity index (χ3v) is 6.34. The number of aliphatic hydroxyl groups is 1. The van der Waals surface area contributed by atoms with Crippen LogP contribution < -0.4 is 10.3 Å². The van der Waals surface area contributed by atoms with Crippen LogP contribution in [0.15, 0.2) is 52.4 Å². The van der Waals surface area contributed by atoms with E-state index in [-0.39, 0.29) is 12.2 Å². The van der Waals surface area contributed by atoms with Crippen molar-refractivity contribution in [3.8, 4) is 5.75 Å². The van der Waals surface area contributed by atoms with Gasteiger partial charge in [-0.2, -0.15) is 0 Å². The van der Waals surface area contributed by atoms with Gasteiger partial charge in [0, 0.05) is 12.3 Å². The molecule has 0 saturated carbocycles. The Morgan fingerprint density at radius 1 is 1.13 bits per heavy atom. The van der Waals surface area contributed by atoms with Crippen molar-refractivity contribution in [3.63, 3.8) is 0 Å². The van der Waals surface area contributed by atoms with E-state index >= 15 is 0 Å². The Kier molecular flexibility index (Phi) is 6.71. The Morgan fingerprint density at radius 3 is 2.61 bits per heavy atom. The van der Waals surface area contributed by atoms with Crippen LogP contribution in [0.5, 0.6) is 5.75 Å². The van der Waals surface area contributed by atoms with Crippen molar-refractivity contribution in [2.45, 2.75) is 31.1 Å². The lowest BCUT2D eigenvalue weighted by atomic mass is 10.2. The molecule has 1 N–H and O–H groups in total. The monoisotopic (exact) mass is 478 g/mol. The first-order chi connectivity index (χ1) is 15.0. The van der Waals surface area contributed by atoms with Gasteiger partial charge in [-0.3, -0.25) is 13.8 Å². The summed E-state index contributed by atoms with van der Waals surface area (Å²) in [7, 11) is 0. The highest BCUT2D eigenvalue weighted by Crippen LogP contribution is 2.32. The maximum absolute atomic E-state index is 12.9. The normalized spacial score (nSPS) is 12.5. The third kappa shape index (κ3) is 4.39. The summed E-state index contributed by atoms with van der Waals surface area (Å²) < 4.78 is 9.10. The fourth-order valence-corrected chi connectivity index (χ4v) is 4.62. The molecule has 2 aromatic carbocycles. The van der Waals surface area contributed by atoms with E-state index in [0.717, 1.165) is 11.9 Å². The van der Waals surface area contributed by atoms with Gasteiger partial charge in [0.1, 0.15) is 6.61 Å². The number of hydrogen-bond donors (Lipinski definition) is 1. The van der Waals surface area contributed by atoms with E-state index in [0.29, 0.717) is 44.4 Å². The molecular formula is C21H20Cl2N4O3S. The van der Waals surface area contributed by atoms with Gasteiger partial charge in [-0.1, -0.05) is 60.1 Å². The Balaban J connectivity index is 1.57. The number of benzene rings is 2. The predicted molar refractivity (Wildman–Crippen MR) is 124 cm³/mol. The summed E-state index contributed by atoms with van der Waals surface area (Å²) in [6.07, 6.45) is 0.00156. The van der Waals surface area contributed by atoms with E-state index in [1.54, 1.807) is 28.8 Å². The fraction of sp³-hybridized carbons (Fsp3) is 0.286. The number of rotatable bonds is 8. The van der Waals surface area contributed by atoms with Gasteiger partial charge in [0.05, 0.1) is 27.1 Å². The maximum Gasteiger partial charge on any atom is 0.262 e. The molecule has 0 aliphatic carbocycles. The molecule has 0 spiro atoms. The molecule has 2 heterocycles. The van der Waals surface area contributed by atoms with Gasteiger partial charge in [0.25, 0.3) is 5.56 Å². The van der Waals surface area contributed by atoms with Crippen molar-refractivity contribution in [2.75, 3.05) is 12.4 Å². The highest BCUT2D eigenvalue weighted by Gasteiger charge is 2.18. The van der Waals surface area contributed by atoms with Gasteiger partial charge < -0.3 is 9.84 Å². The van der Waals surface area contributed by atoms with E-state index in [1.165, 1.54) is 11.8 Å². The molecule has 4 aromatic rings. The number of para-hydroxylation sites is 2. The summed E-state index contributed by atoms with van der Waals surface area (Å²) in [6, 6.07) is 12.4. The second-order valence-electron chi connectivity index (χ2n) is 6.92. The molecular weight excluding hydrogens is 459 g/mol. The number of aryl methyl sites for hydroxylation is 1. The number of thioether (sulfide) groups is 1. The minimum atomic E-state index is -0.794. The Morgan fingerprint density at radius 2 is 1.87 bits per heavy atom. The Hall–Kier alpha value is -2.26. The molecule has 1 unspecified atom stereocenters. The summed E-state index contributed by atoms with van der Waals surface area (Å²) in [5.41, 5.74) is 0.648. The van der Waals surface area contributed by atoms with E-state index in [2.05, 4.69) is 10.2 Å². The molecule has 10 heteroatoms. The average molecular weight is 479 g/mol. The summed E-state index contributed by atoms with van der Waals surface area (Å²) in [5.74, 6) is 1.14. The highest BCUT2D eigenvalue weighted by atomic mass is 35.5. The lowest BCUT2D eigenvalue weighted by Crippen LogP contribution is -2.23. The molecule has 0 radical (unpaired) electrons. The van der Waals surface area contributed by atoms with Crippen LogP contribution in [-0.4, -0.2) is 42.7 Å². The van der Waals surface area contributed by atoms with E-state index in [1.807, 2.05) is 29.5 Å². The second kappa shape index (κ2) is 9.48. The number of nitrogens with zero attached hydrogens (tertiary/aromatic N) is 4. The van der Waals surface area contributed by atoms with Crippen LogP contribution in [0.2, 0.25) is 10.0 Å². The summed E-state index contributed by atoms with van der Waals surface area (Å²) in [6.45, 7) is 2.57. The van der Waals surface area contributed by atoms with Crippen LogP contribution in [0.1, 0.15) is 13.3 Å². The lowest BCUT2D eigenvalue weighted by Gasteiger charge is -2.14. The zero-order valence-electron chi connectivity index (χ0n) is 16.7. The van der Waals surface area contributed by atoms with Gasteiger partial charge in [-0.25, -0.2) is 0 Å². The predicted octanol–water partition coefficient (Wildman–Crippen LogP) is 4.29.